The highest BCUT2D eigenvalue weighted by molar-refractivity contribution is 7.91. The molecule has 14 heavy (non-hydrogen) atoms. The molecular formula is C11H16O2S. The zero-order valence-corrected chi connectivity index (χ0v) is 9.47. The first-order chi connectivity index (χ1) is 6.58. The second-order valence-corrected chi connectivity index (χ2v) is 5.52. The maximum absolute atomic E-state index is 11.8. The lowest BCUT2D eigenvalue weighted by atomic mass is 10.2. The van der Waals surface area contributed by atoms with Crippen molar-refractivity contribution in [3.05, 3.63) is 29.8 Å². The summed E-state index contributed by atoms with van der Waals surface area (Å²) >= 11 is 0. The highest BCUT2D eigenvalue weighted by Gasteiger charge is 2.14. The summed E-state index contributed by atoms with van der Waals surface area (Å²) in [6, 6.07) is 7.14. The van der Waals surface area contributed by atoms with Crippen molar-refractivity contribution in [2.24, 2.45) is 0 Å². The summed E-state index contributed by atoms with van der Waals surface area (Å²) < 4.78 is 23.6. The third-order valence-electron chi connectivity index (χ3n) is 2.20. The normalized spacial score (nSPS) is 11.6. The zero-order valence-electron chi connectivity index (χ0n) is 8.66. The standard InChI is InChI=1S/C11H16O2S/c1-3-4-9-14(12,13)11-8-6-5-7-10(11)2/h5-8H,3-4,9H2,1-2H3. The Hall–Kier alpha value is -0.830. The van der Waals surface area contributed by atoms with Crippen LogP contribution in [0.3, 0.4) is 0 Å². The van der Waals surface area contributed by atoms with Crippen LogP contribution in [0.5, 0.6) is 0 Å². The molecule has 0 radical (unpaired) electrons. The molecule has 78 valence electrons. The molecule has 1 aromatic carbocycles. The third kappa shape index (κ3) is 2.58. The number of hydrogen-bond donors (Lipinski definition) is 0. The van der Waals surface area contributed by atoms with Gasteiger partial charge in [0.05, 0.1) is 10.6 Å². The molecule has 0 aromatic heterocycles. The second-order valence-electron chi connectivity index (χ2n) is 3.44. The van der Waals surface area contributed by atoms with Crippen molar-refractivity contribution in [3.8, 4) is 0 Å². The van der Waals surface area contributed by atoms with Gasteiger partial charge in [-0.15, -0.1) is 0 Å². The van der Waals surface area contributed by atoms with Crippen LogP contribution in [0.15, 0.2) is 29.2 Å². The van der Waals surface area contributed by atoms with Crippen LogP contribution in [0.2, 0.25) is 0 Å². The quantitative estimate of drug-likeness (QED) is 0.768. The minimum atomic E-state index is -3.05. The number of sulfone groups is 1. The van der Waals surface area contributed by atoms with Crippen LogP contribution < -0.4 is 0 Å². The molecule has 0 aliphatic rings. The van der Waals surface area contributed by atoms with Gasteiger partial charge in [-0.3, -0.25) is 0 Å². The van der Waals surface area contributed by atoms with Crippen molar-refractivity contribution in [1.82, 2.24) is 0 Å². The number of unbranched alkanes of at least 4 members (excludes halogenated alkanes) is 1. The highest BCUT2D eigenvalue weighted by Crippen LogP contribution is 2.16. The van der Waals surface area contributed by atoms with E-state index in [0.29, 0.717) is 4.90 Å². The van der Waals surface area contributed by atoms with E-state index in [1.54, 1.807) is 12.1 Å². The summed E-state index contributed by atoms with van der Waals surface area (Å²) in [6.45, 7) is 3.83. The number of hydrogen-bond acceptors (Lipinski definition) is 2. The van der Waals surface area contributed by atoms with Crippen LogP contribution >= 0.6 is 0 Å². The van der Waals surface area contributed by atoms with Crippen LogP contribution in [0.25, 0.3) is 0 Å². The van der Waals surface area contributed by atoms with E-state index >= 15 is 0 Å². The van der Waals surface area contributed by atoms with Gasteiger partial charge >= 0.3 is 0 Å². The molecule has 1 rings (SSSR count). The van der Waals surface area contributed by atoms with E-state index in [1.165, 1.54) is 0 Å². The number of aryl methyl sites for hydroxylation is 1. The Morgan fingerprint density at radius 2 is 1.86 bits per heavy atom. The number of rotatable bonds is 4. The van der Waals surface area contributed by atoms with Gasteiger partial charge in [0.25, 0.3) is 0 Å². The van der Waals surface area contributed by atoms with Gasteiger partial charge in [-0.25, -0.2) is 8.42 Å². The van der Waals surface area contributed by atoms with Crippen LogP contribution in [0, 0.1) is 6.92 Å². The van der Waals surface area contributed by atoms with E-state index in [4.69, 9.17) is 0 Å². The predicted molar refractivity (Wildman–Crippen MR) is 58.1 cm³/mol. The van der Waals surface area contributed by atoms with Gasteiger partial charge in [-0.2, -0.15) is 0 Å². The summed E-state index contributed by atoms with van der Waals surface area (Å²) in [5, 5.41) is 0. The fourth-order valence-corrected chi connectivity index (χ4v) is 3.08. The lowest BCUT2D eigenvalue weighted by molar-refractivity contribution is 0.592. The number of benzene rings is 1. The Labute approximate surface area is 85.9 Å². The van der Waals surface area contributed by atoms with E-state index in [9.17, 15) is 8.42 Å². The molecule has 0 amide bonds. The van der Waals surface area contributed by atoms with Crippen molar-refractivity contribution >= 4 is 9.84 Å². The fraction of sp³-hybridized carbons (Fsp3) is 0.455. The molecule has 0 bridgehead atoms. The summed E-state index contributed by atoms with van der Waals surface area (Å²) in [4.78, 5) is 0.480. The molecule has 0 heterocycles. The van der Waals surface area contributed by atoms with Crippen molar-refractivity contribution in [1.29, 1.82) is 0 Å². The van der Waals surface area contributed by atoms with Crippen molar-refractivity contribution in [3.63, 3.8) is 0 Å². The first-order valence-corrected chi connectivity index (χ1v) is 6.51. The Balaban J connectivity index is 2.99. The van der Waals surface area contributed by atoms with Gasteiger partial charge in [0.1, 0.15) is 0 Å². The molecule has 0 saturated carbocycles. The summed E-state index contributed by atoms with van der Waals surface area (Å²) in [7, 11) is -3.05. The fourth-order valence-electron chi connectivity index (χ4n) is 1.35. The van der Waals surface area contributed by atoms with Gasteiger partial charge in [0.15, 0.2) is 9.84 Å². The van der Waals surface area contributed by atoms with Gasteiger partial charge in [-0.1, -0.05) is 31.5 Å². The van der Waals surface area contributed by atoms with Crippen molar-refractivity contribution in [2.45, 2.75) is 31.6 Å². The largest absolute Gasteiger partial charge is 0.224 e. The first-order valence-electron chi connectivity index (χ1n) is 4.86. The van der Waals surface area contributed by atoms with E-state index < -0.39 is 9.84 Å². The first kappa shape index (κ1) is 11.2. The molecule has 0 unspecified atom stereocenters. The minimum absolute atomic E-state index is 0.258. The van der Waals surface area contributed by atoms with E-state index in [2.05, 4.69) is 0 Å². The van der Waals surface area contributed by atoms with Crippen LogP contribution in [-0.2, 0) is 9.84 Å². The molecule has 1 aromatic rings. The Morgan fingerprint density at radius 1 is 1.21 bits per heavy atom. The Kier molecular flexibility index (Phi) is 3.69. The summed E-state index contributed by atoms with van der Waals surface area (Å²) in [5.74, 6) is 0.258. The van der Waals surface area contributed by atoms with Crippen molar-refractivity contribution in [2.75, 3.05) is 5.75 Å². The SMILES string of the molecule is CCCCS(=O)(=O)c1ccccc1C. The maximum atomic E-state index is 11.8. The van der Waals surface area contributed by atoms with Gasteiger partial charge < -0.3 is 0 Å². The second kappa shape index (κ2) is 4.60. The molecule has 0 aliphatic heterocycles. The monoisotopic (exact) mass is 212 g/mol. The van der Waals surface area contributed by atoms with Crippen LogP contribution in [0.4, 0.5) is 0 Å². The molecule has 0 spiro atoms. The zero-order chi connectivity index (χ0) is 10.6. The van der Waals surface area contributed by atoms with E-state index in [1.807, 2.05) is 26.0 Å². The average Bonchev–Trinajstić information content (AvgIpc) is 2.15. The molecule has 3 heteroatoms. The molecule has 0 N–H and O–H groups in total. The molecule has 0 aliphatic carbocycles. The summed E-state index contributed by atoms with van der Waals surface area (Å²) in [6.07, 6.45) is 1.64. The van der Waals surface area contributed by atoms with E-state index in [-0.39, 0.29) is 5.75 Å². The smallest absolute Gasteiger partial charge is 0.178 e. The third-order valence-corrected chi connectivity index (χ3v) is 4.15. The van der Waals surface area contributed by atoms with E-state index in [0.717, 1.165) is 18.4 Å². The van der Waals surface area contributed by atoms with Gasteiger partial charge in [0, 0.05) is 0 Å². The lowest BCUT2D eigenvalue weighted by Gasteiger charge is -2.06. The lowest BCUT2D eigenvalue weighted by Crippen LogP contribution is -2.07. The average molecular weight is 212 g/mol. The molecular weight excluding hydrogens is 196 g/mol. The topological polar surface area (TPSA) is 34.1 Å². The Bertz CT molecular complexity index is 394. The molecule has 0 fully saturated rings. The Morgan fingerprint density at radius 3 is 2.43 bits per heavy atom. The summed E-state index contributed by atoms with van der Waals surface area (Å²) in [5.41, 5.74) is 0.837. The van der Waals surface area contributed by atoms with Crippen molar-refractivity contribution < 1.29 is 8.42 Å². The van der Waals surface area contributed by atoms with Gasteiger partial charge in [-0.05, 0) is 25.0 Å². The minimum Gasteiger partial charge on any atom is -0.224 e. The molecule has 2 nitrogen and oxygen atoms in total. The molecule has 0 atom stereocenters. The molecule has 0 saturated heterocycles. The predicted octanol–water partition coefficient (Wildman–Crippen LogP) is 2.57. The van der Waals surface area contributed by atoms with Crippen LogP contribution in [0.1, 0.15) is 25.3 Å². The van der Waals surface area contributed by atoms with Gasteiger partial charge in [0.2, 0.25) is 0 Å². The highest BCUT2D eigenvalue weighted by atomic mass is 32.2. The van der Waals surface area contributed by atoms with Crippen LogP contribution in [-0.4, -0.2) is 14.2 Å². The maximum Gasteiger partial charge on any atom is 0.178 e.